The SMILES string of the molecule is CCNC(=O)Nc1cc(-c2nc(C(F)(F)F)cs2)c(-c2cncc(-c3nnc(CN(C(=O)OC(C)(C)C)C4CCCCC4)o3)c2)cn1. The van der Waals surface area contributed by atoms with E-state index in [1.54, 1.807) is 17.9 Å². The fourth-order valence-electron chi connectivity index (χ4n) is 5.12. The van der Waals surface area contributed by atoms with Gasteiger partial charge in [-0.1, -0.05) is 19.3 Å². The molecule has 16 heteroatoms. The summed E-state index contributed by atoms with van der Waals surface area (Å²) in [6.45, 7) is 7.62. The van der Waals surface area contributed by atoms with Crippen LogP contribution in [-0.4, -0.2) is 60.4 Å². The summed E-state index contributed by atoms with van der Waals surface area (Å²) >= 11 is 0.812. The minimum absolute atomic E-state index is 0.0147. The molecule has 4 aromatic rings. The number of alkyl halides is 3. The zero-order valence-electron chi connectivity index (χ0n) is 26.3. The quantitative estimate of drug-likeness (QED) is 0.194. The highest BCUT2D eigenvalue weighted by molar-refractivity contribution is 7.13. The molecule has 0 aliphatic heterocycles. The molecule has 47 heavy (non-hydrogen) atoms. The van der Waals surface area contributed by atoms with Crippen LogP contribution in [0.5, 0.6) is 0 Å². The highest BCUT2D eigenvalue weighted by atomic mass is 32.1. The zero-order chi connectivity index (χ0) is 33.8. The number of anilines is 1. The second-order valence-electron chi connectivity index (χ2n) is 12.0. The van der Waals surface area contributed by atoms with Gasteiger partial charge in [0.2, 0.25) is 11.8 Å². The molecule has 0 bridgehead atoms. The maximum Gasteiger partial charge on any atom is 0.434 e. The first-order valence-corrected chi connectivity index (χ1v) is 16.0. The summed E-state index contributed by atoms with van der Waals surface area (Å²) in [4.78, 5) is 39.4. The number of rotatable bonds is 8. The van der Waals surface area contributed by atoms with Gasteiger partial charge in [-0.15, -0.1) is 21.5 Å². The highest BCUT2D eigenvalue weighted by Gasteiger charge is 2.34. The van der Waals surface area contributed by atoms with Crippen molar-refractivity contribution in [3.63, 3.8) is 0 Å². The van der Waals surface area contributed by atoms with Crippen molar-refractivity contribution in [3.05, 3.63) is 47.7 Å². The molecule has 0 atom stereocenters. The molecular weight excluding hydrogens is 637 g/mol. The van der Waals surface area contributed by atoms with Gasteiger partial charge >= 0.3 is 18.3 Å². The van der Waals surface area contributed by atoms with Crippen LogP contribution in [0.3, 0.4) is 0 Å². The predicted molar refractivity (Wildman–Crippen MR) is 168 cm³/mol. The number of thiazole rings is 1. The largest absolute Gasteiger partial charge is 0.444 e. The Hall–Kier alpha value is -4.60. The number of urea groups is 1. The molecular formula is C31H35F3N8O4S. The Morgan fingerprint density at radius 1 is 1.04 bits per heavy atom. The summed E-state index contributed by atoms with van der Waals surface area (Å²) in [5.74, 6) is 0.476. The lowest BCUT2D eigenvalue weighted by atomic mass is 9.94. The molecule has 1 fully saturated rings. The van der Waals surface area contributed by atoms with Gasteiger partial charge in [-0.2, -0.15) is 13.2 Å². The van der Waals surface area contributed by atoms with Crippen LogP contribution in [0.25, 0.3) is 33.2 Å². The molecule has 12 nitrogen and oxygen atoms in total. The predicted octanol–water partition coefficient (Wildman–Crippen LogP) is 7.55. The number of hydrogen-bond acceptors (Lipinski definition) is 10. The van der Waals surface area contributed by atoms with Crippen molar-refractivity contribution < 1.29 is 31.9 Å². The van der Waals surface area contributed by atoms with E-state index in [9.17, 15) is 22.8 Å². The van der Waals surface area contributed by atoms with Crippen molar-refractivity contribution in [2.45, 2.75) is 84.2 Å². The molecule has 0 radical (unpaired) electrons. The van der Waals surface area contributed by atoms with Crippen LogP contribution in [-0.2, 0) is 17.5 Å². The molecule has 3 amide bonds. The number of amides is 3. The number of aromatic nitrogens is 5. The summed E-state index contributed by atoms with van der Waals surface area (Å²) < 4.78 is 51.9. The van der Waals surface area contributed by atoms with Crippen molar-refractivity contribution >= 4 is 29.3 Å². The Morgan fingerprint density at radius 2 is 1.79 bits per heavy atom. The minimum atomic E-state index is -4.63. The van der Waals surface area contributed by atoms with E-state index in [4.69, 9.17) is 9.15 Å². The van der Waals surface area contributed by atoms with E-state index in [2.05, 4.69) is 35.8 Å². The summed E-state index contributed by atoms with van der Waals surface area (Å²) in [7, 11) is 0. The van der Waals surface area contributed by atoms with Crippen LogP contribution in [0.15, 0.2) is 40.5 Å². The van der Waals surface area contributed by atoms with Gasteiger partial charge in [0, 0.05) is 53.2 Å². The smallest absolute Gasteiger partial charge is 0.434 e. The summed E-state index contributed by atoms with van der Waals surface area (Å²) in [6.07, 6.45) is 4.21. The molecule has 0 spiro atoms. The number of hydrogen-bond donors (Lipinski definition) is 2. The van der Waals surface area contributed by atoms with Gasteiger partial charge in [-0.3, -0.25) is 15.2 Å². The minimum Gasteiger partial charge on any atom is -0.444 e. The molecule has 1 aliphatic carbocycles. The van der Waals surface area contributed by atoms with Crippen molar-refractivity contribution in [2.24, 2.45) is 0 Å². The standard InChI is InChI=1S/C31H35F3N8O4S/c1-5-36-28(43)39-24-12-21(27-38-23(17-47-27)31(32,33)34)22(15-37-24)18-11-19(14-35-13-18)26-41-40-25(45-26)16-42(20-9-7-6-8-10-20)29(44)46-30(2,3)4/h11-15,17,20H,5-10,16H2,1-4H3,(H2,36,37,39,43). The second kappa shape index (κ2) is 14.0. The molecule has 4 aromatic heterocycles. The highest BCUT2D eigenvalue weighted by Crippen LogP contribution is 2.39. The number of ether oxygens (including phenoxy) is 1. The van der Waals surface area contributed by atoms with Crippen molar-refractivity contribution in [3.8, 4) is 33.2 Å². The Balaban J connectivity index is 1.45. The first-order chi connectivity index (χ1) is 22.3. The Labute approximate surface area is 273 Å². The van der Waals surface area contributed by atoms with Gasteiger partial charge in [0.15, 0.2) is 5.69 Å². The third-order valence-electron chi connectivity index (χ3n) is 7.22. The molecule has 4 heterocycles. The molecule has 1 saturated carbocycles. The van der Waals surface area contributed by atoms with E-state index >= 15 is 0 Å². The normalized spacial score (nSPS) is 14.1. The topological polar surface area (TPSA) is 148 Å². The van der Waals surface area contributed by atoms with E-state index in [0.717, 1.165) is 48.8 Å². The molecule has 0 saturated heterocycles. The summed E-state index contributed by atoms with van der Waals surface area (Å²) in [5, 5.41) is 14.5. The van der Waals surface area contributed by atoms with Crippen molar-refractivity contribution in [1.82, 2.24) is 35.4 Å². The van der Waals surface area contributed by atoms with E-state index < -0.39 is 29.6 Å². The number of carbonyl (C=O) groups is 2. The average molecular weight is 673 g/mol. The van der Waals surface area contributed by atoms with Gasteiger partial charge < -0.3 is 14.5 Å². The van der Waals surface area contributed by atoms with Gasteiger partial charge in [-0.05, 0) is 52.7 Å². The molecule has 250 valence electrons. The van der Waals surface area contributed by atoms with Crippen molar-refractivity contribution in [2.75, 3.05) is 11.9 Å². The number of nitrogens with zero attached hydrogens (tertiary/aromatic N) is 6. The Kier molecular flexibility index (Phi) is 10.1. The molecule has 2 N–H and O–H groups in total. The van der Waals surface area contributed by atoms with Crippen LogP contribution < -0.4 is 10.6 Å². The van der Waals surface area contributed by atoms with Gasteiger partial charge in [0.1, 0.15) is 23.0 Å². The lowest BCUT2D eigenvalue weighted by Gasteiger charge is -2.34. The first-order valence-electron chi connectivity index (χ1n) is 15.2. The zero-order valence-corrected chi connectivity index (χ0v) is 27.2. The first kappa shape index (κ1) is 33.8. The lowest BCUT2D eigenvalue weighted by Crippen LogP contribution is -2.43. The van der Waals surface area contributed by atoms with Gasteiger partial charge in [0.25, 0.3) is 0 Å². The van der Waals surface area contributed by atoms with Crippen LogP contribution in [0.1, 0.15) is 71.4 Å². The lowest BCUT2D eigenvalue weighted by molar-refractivity contribution is -0.140. The average Bonchev–Trinajstić information content (AvgIpc) is 3.70. The Morgan fingerprint density at radius 3 is 2.47 bits per heavy atom. The van der Waals surface area contributed by atoms with Crippen LogP contribution in [0.2, 0.25) is 0 Å². The van der Waals surface area contributed by atoms with Crippen LogP contribution in [0, 0.1) is 0 Å². The monoisotopic (exact) mass is 672 g/mol. The molecule has 1 aliphatic rings. The number of pyridine rings is 2. The summed E-state index contributed by atoms with van der Waals surface area (Å²) in [6, 6.07) is 2.61. The molecule has 5 rings (SSSR count). The fourth-order valence-corrected chi connectivity index (χ4v) is 5.98. The van der Waals surface area contributed by atoms with E-state index in [-0.39, 0.29) is 35.2 Å². The maximum atomic E-state index is 13.4. The number of halogens is 3. The number of nitrogens with one attached hydrogen (secondary N) is 2. The maximum absolute atomic E-state index is 13.4. The second-order valence-corrected chi connectivity index (χ2v) is 12.9. The third kappa shape index (κ3) is 8.61. The van der Waals surface area contributed by atoms with E-state index in [1.165, 1.54) is 24.7 Å². The van der Waals surface area contributed by atoms with Crippen LogP contribution >= 0.6 is 11.3 Å². The fraction of sp³-hybridized carbons (Fsp3) is 0.452. The number of carbonyl (C=O) groups excluding carboxylic acids is 2. The molecule has 0 unspecified atom stereocenters. The summed E-state index contributed by atoms with van der Waals surface area (Å²) in [5.41, 5.74) is -0.0659. The van der Waals surface area contributed by atoms with Crippen LogP contribution in [0.4, 0.5) is 28.6 Å². The van der Waals surface area contributed by atoms with Gasteiger partial charge in [-0.25, -0.2) is 19.6 Å². The third-order valence-corrected chi connectivity index (χ3v) is 8.10. The Bertz CT molecular complexity index is 1710. The molecule has 0 aromatic carbocycles. The van der Waals surface area contributed by atoms with Crippen molar-refractivity contribution in [1.29, 1.82) is 0 Å². The van der Waals surface area contributed by atoms with E-state index in [0.29, 0.717) is 28.8 Å². The van der Waals surface area contributed by atoms with Gasteiger partial charge in [0.05, 0.1) is 5.56 Å². The van der Waals surface area contributed by atoms with E-state index in [1.807, 2.05) is 20.8 Å².